The summed E-state index contributed by atoms with van der Waals surface area (Å²) in [5, 5.41) is 10.0. The molecule has 0 aliphatic rings. The summed E-state index contributed by atoms with van der Waals surface area (Å²) in [7, 11) is 0. The zero-order valence-corrected chi connectivity index (χ0v) is 25.4. The van der Waals surface area contributed by atoms with Gasteiger partial charge in [-0.25, -0.2) is 0 Å². The second-order valence-corrected chi connectivity index (χ2v) is 11.7. The van der Waals surface area contributed by atoms with Gasteiger partial charge < -0.3 is 9.84 Å². The highest BCUT2D eigenvalue weighted by Gasteiger charge is 2.03. The van der Waals surface area contributed by atoms with Crippen molar-refractivity contribution < 1.29 is 9.84 Å². The summed E-state index contributed by atoms with van der Waals surface area (Å²) in [4.78, 5) is 0. The van der Waals surface area contributed by atoms with Crippen molar-refractivity contribution in [3.05, 3.63) is 0 Å². The lowest BCUT2D eigenvalue weighted by Gasteiger charge is -2.12. The number of hydrogen-bond donors (Lipinski definition) is 1. The van der Waals surface area contributed by atoms with Crippen LogP contribution in [0.25, 0.3) is 0 Å². The summed E-state index contributed by atoms with van der Waals surface area (Å²) in [5.74, 6) is 0. The number of rotatable bonds is 32. The fourth-order valence-corrected chi connectivity index (χ4v) is 5.29. The average Bonchev–Trinajstić information content (AvgIpc) is 2.88. The van der Waals surface area contributed by atoms with Crippen molar-refractivity contribution in [1.29, 1.82) is 0 Å². The van der Waals surface area contributed by atoms with E-state index in [9.17, 15) is 5.11 Å². The largest absolute Gasteiger partial charge is 0.368 e. The monoisotopic (exact) mass is 511 g/mol. The van der Waals surface area contributed by atoms with Crippen LogP contribution in [0.1, 0.15) is 206 Å². The Bertz CT molecular complexity index is 336. The lowest BCUT2D eigenvalue weighted by molar-refractivity contribution is -0.105. The van der Waals surface area contributed by atoms with Crippen molar-refractivity contribution >= 4 is 0 Å². The van der Waals surface area contributed by atoms with Crippen LogP contribution in [0, 0.1) is 0 Å². The van der Waals surface area contributed by atoms with Gasteiger partial charge >= 0.3 is 0 Å². The summed E-state index contributed by atoms with van der Waals surface area (Å²) >= 11 is 0. The lowest BCUT2D eigenvalue weighted by atomic mass is 10.0. The molecule has 0 saturated heterocycles. The minimum atomic E-state index is -0.533. The molecule has 0 aliphatic carbocycles. The van der Waals surface area contributed by atoms with Crippen LogP contribution in [0.3, 0.4) is 0 Å². The third kappa shape index (κ3) is 31.9. The van der Waals surface area contributed by atoms with Crippen LogP contribution in [0.4, 0.5) is 0 Å². The molecule has 36 heavy (non-hydrogen) atoms. The van der Waals surface area contributed by atoms with Crippen LogP contribution in [-0.2, 0) is 4.74 Å². The summed E-state index contributed by atoms with van der Waals surface area (Å²) in [6, 6.07) is 0. The number of aliphatic hydroxyl groups is 1. The molecule has 0 aromatic rings. The topological polar surface area (TPSA) is 29.5 Å². The van der Waals surface area contributed by atoms with Crippen molar-refractivity contribution in [1.82, 2.24) is 0 Å². The molecule has 0 rings (SSSR count). The molecular weight excluding hydrogens is 440 g/mol. The van der Waals surface area contributed by atoms with Gasteiger partial charge in [-0.05, 0) is 19.3 Å². The molecule has 218 valence electrons. The van der Waals surface area contributed by atoms with E-state index in [1.54, 1.807) is 0 Å². The molecule has 1 N–H and O–H groups in total. The highest BCUT2D eigenvalue weighted by atomic mass is 16.6. The predicted molar refractivity (Wildman–Crippen MR) is 162 cm³/mol. The molecule has 0 radical (unpaired) electrons. The molecule has 0 aromatic carbocycles. The van der Waals surface area contributed by atoms with Crippen molar-refractivity contribution in [3.63, 3.8) is 0 Å². The maximum Gasteiger partial charge on any atom is 0.154 e. The fraction of sp³-hybridized carbons (Fsp3) is 1.00. The van der Waals surface area contributed by atoms with Gasteiger partial charge in [-0.2, -0.15) is 0 Å². The number of unbranched alkanes of at least 4 members (excludes halogenated alkanes) is 27. The average molecular weight is 511 g/mol. The van der Waals surface area contributed by atoms with E-state index in [4.69, 9.17) is 4.74 Å². The standard InChI is InChI=1S/C34H70O2/c1-3-5-7-9-11-13-15-17-19-20-22-24-26-28-30-32-34(35)36-33-31-29-27-25-23-21-18-16-14-12-10-8-6-4-2/h34-35H,3-33H2,1-2H3. The molecule has 0 amide bonds. The van der Waals surface area contributed by atoms with E-state index in [0.717, 1.165) is 25.9 Å². The van der Waals surface area contributed by atoms with Crippen LogP contribution in [0.5, 0.6) is 0 Å². The molecule has 0 aliphatic heterocycles. The number of aliphatic hydroxyl groups excluding tert-OH is 1. The van der Waals surface area contributed by atoms with Gasteiger partial charge in [0.2, 0.25) is 0 Å². The minimum absolute atomic E-state index is 0.533. The first-order valence-corrected chi connectivity index (χ1v) is 17.1. The zero-order chi connectivity index (χ0) is 26.2. The fourth-order valence-electron chi connectivity index (χ4n) is 5.29. The summed E-state index contributed by atoms with van der Waals surface area (Å²) < 4.78 is 5.62. The molecule has 1 atom stereocenters. The van der Waals surface area contributed by atoms with Crippen LogP contribution in [-0.4, -0.2) is 18.0 Å². The van der Waals surface area contributed by atoms with Gasteiger partial charge in [0.1, 0.15) is 0 Å². The Kier molecular flexibility index (Phi) is 32.9. The van der Waals surface area contributed by atoms with Crippen molar-refractivity contribution in [2.75, 3.05) is 6.61 Å². The van der Waals surface area contributed by atoms with E-state index in [1.807, 2.05) is 0 Å². The molecule has 0 bridgehead atoms. The van der Waals surface area contributed by atoms with Crippen molar-refractivity contribution in [2.45, 2.75) is 213 Å². The number of hydrogen-bond acceptors (Lipinski definition) is 2. The SMILES string of the molecule is CCCCCCCCCCCCCCCCCC(O)OCCCCCCCCCCCCCCCC. The number of ether oxygens (including phenoxy) is 1. The van der Waals surface area contributed by atoms with Gasteiger partial charge in [0.05, 0.1) is 0 Å². The quantitative estimate of drug-likeness (QED) is 0.0720. The van der Waals surface area contributed by atoms with Gasteiger partial charge in [-0.3, -0.25) is 0 Å². The van der Waals surface area contributed by atoms with Crippen LogP contribution in [0.2, 0.25) is 0 Å². The first-order valence-electron chi connectivity index (χ1n) is 17.1. The van der Waals surface area contributed by atoms with Crippen LogP contribution in [0.15, 0.2) is 0 Å². The third-order valence-corrected chi connectivity index (χ3v) is 7.86. The van der Waals surface area contributed by atoms with Gasteiger partial charge in [0.25, 0.3) is 0 Å². The lowest BCUT2D eigenvalue weighted by Crippen LogP contribution is -2.12. The van der Waals surface area contributed by atoms with Gasteiger partial charge in [0.15, 0.2) is 6.29 Å². The van der Waals surface area contributed by atoms with Gasteiger partial charge in [-0.15, -0.1) is 0 Å². The predicted octanol–water partition coefficient (Wildman–Crippen LogP) is 12.1. The summed E-state index contributed by atoms with van der Waals surface area (Å²) in [6.07, 6.45) is 40.4. The second kappa shape index (κ2) is 32.9. The van der Waals surface area contributed by atoms with E-state index < -0.39 is 6.29 Å². The van der Waals surface area contributed by atoms with Crippen LogP contribution < -0.4 is 0 Å². The van der Waals surface area contributed by atoms with Gasteiger partial charge in [-0.1, -0.05) is 187 Å². The third-order valence-electron chi connectivity index (χ3n) is 7.86. The molecule has 0 aromatic heterocycles. The van der Waals surface area contributed by atoms with E-state index in [-0.39, 0.29) is 0 Å². The highest BCUT2D eigenvalue weighted by Crippen LogP contribution is 2.15. The molecule has 1 unspecified atom stereocenters. The Hall–Kier alpha value is -0.0800. The Morgan fingerprint density at radius 1 is 0.361 bits per heavy atom. The molecule has 0 spiro atoms. The van der Waals surface area contributed by atoms with E-state index in [0.29, 0.717) is 0 Å². The van der Waals surface area contributed by atoms with E-state index in [1.165, 1.54) is 173 Å². The van der Waals surface area contributed by atoms with Crippen LogP contribution >= 0.6 is 0 Å². The zero-order valence-electron chi connectivity index (χ0n) is 25.4. The Morgan fingerprint density at radius 3 is 0.917 bits per heavy atom. The second-order valence-electron chi connectivity index (χ2n) is 11.7. The molecule has 0 heterocycles. The smallest absolute Gasteiger partial charge is 0.154 e. The summed E-state index contributed by atoms with van der Waals surface area (Å²) in [5.41, 5.74) is 0. The Morgan fingerprint density at radius 2 is 0.611 bits per heavy atom. The molecule has 0 fully saturated rings. The molecule has 0 saturated carbocycles. The normalized spacial score (nSPS) is 12.4. The van der Waals surface area contributed by atoms with Gasteiger partial charge in [0, 0.05) is 6.61 Å². The Balaban J connectivity index is 3.13. The van der Waals surface area contributed by atoms with E-state index >= 15 is 0 Å². The first kappa shape index (κ1) is 35.9. The highest BCUT2D eigenvalue weighted by molar-refractivity contribution is 4.52. The molecular formula is C34H70O2. The van der Waals surface area contributed by atoms with E-state index in [2.05, 4.69) is 13.8 Å². The first-order chi connectivity index (χ1) is 17.8. The maximum absolute atomic E-state index is 10.0. The maximum atomic E-state index is 10.0. The minimum Gasteiger partial charge on any atom is -0.368 e. The summed E-state index contributed by atoms with van der Waals surface area (Å²) in [6.45, 7) is 5.32. The van der Waals surface area contributed by atoms with Crippen molar-refractivity contribution in [3.8, 4) is 0 Å². The molecule has 2 heteroatoms. The Labute approximate surface area is 229 Å². The molecule has 2 nitrogen and oxygen atoms in total. The van der Waals surface area contributed by atoms with Crippen molar-refractivity contribution in [2.24, 2.45) is 0 Å².